The number of rotatable bonds is 1. The average molecular weight is 407 g/mol. The van der Waals surface area contributed by atoms with Gasteiger partial charge in [0.1, 0.15) is 6.33 Å². The lowest BCUT2D eigenvalue weighted by atomic mass is 9.66. The Balaban J connectivity index is 1.68. The van der Waals surface area contributed by atoms with Crippen molar-refractivity contribution in [2.24, 2.45) is 5.41 Å². The molecule has 0 aliphatic carbocycles. The van der Waals surface area contributed by atoms with Gasteiger partial charge >= 0.3 is 6.03 Å². The van der Waals surface area contributed by atoms with Crippen LogP contribution < -0.4 is 15.5 Å². The van der Waals surface area contributed by atoms with E-state index in [0.717, 1.165) is 22.4 Å². The lowest BCUT2D eigenvalue weighted by molar-refractivity contribution is -0.153. The molecule has 1 aromatic heterocycles. The topological polar surface area (TPSA) is 114 Å². The van der Waals surface area contributed by atoms with E-state index in [1.54, 1.807) is 12.4 Å². The molecule has 3 atom stereocenters. The Labute approximate surface area is 172 Å². The summed E-state index contributed by atoms with van der Waals surface area (Å²) in [7, 11) is 0. The van der Waals surface area contributed by atoms with Gasteiger partial charge in [0.15, 0.2) is 5.41 Å². The first-order chi connectivity index (χ1) is 14.4. The number of ether oxygens (including phenoxy) is 1. The van der Waals surface area contributed by atoms with E-state index < -0.39 is 29.3 Å². The summed E-state index contributed by atoms with van der Waals surface area (Å²) >= 11 is 0. The minimum atomic E-state index is -1.47. The molecule has 5 rings (SSSR count). The van der Waals surface area contributed by atoms with Crippen LogP contribution in [0.2, 0.25) is 0 Å². The first-order valence-corrected chi connectivity index (χ1v) is 9.87. The Morgan fingerprint density at radius 1 is 1.07 bits per heavy atom. The third-order valence-corrected chi connectivity index (χ3v) is 6.20. The zero-order valence-electron chi connectivity index (χ0n) is 16.6. The zero-order valence-corrected chi connectivity index (χ0v) is 16.6. The zero-order chi connectivity index (χ0) is 21.0. The van der Waals surface area contributed by atoms with Crippen molar-refractivity contribution >= 4 is 23.5 Å². The van der Waals surface area contributed by atoms with Crippen molar-refractivity contribution in [3.63, 3.8) is 0 Å². The van der Waals surface area contributed by atoms with Gasteiger partial charge in [-0.1, -0.05) is 6.07 Å². The summed E-state index contributed by atoms with van der Waals surface area (Å²) in [5.74, 6) is -1.18. The van der Waals surface area contributed by atoms with Crippen LogP contribution in [0, 0.1) is 5.41 Å². The van der Waals surface area contributed by atoms with Crippen molar-refractivity contribution in [2.75, 3.05) is 11.4 Å². The van der Waals surface area contributed by atoms with Gasteiger partial charge in [-0.15, -0.1) is 0 Å². The fourth-order valence-corrected chi connectivity index (χ4v) is 5.08. The second-order valence-electron chi connectivity index (χ2n) is 8.11. The van der Waals surface area contributed by atoms with Gasteiger partial charge in [-0.25, -0.2) is 14.8 Å². The summed E-state index contributed by atoms with van der Waals surface area (Å²) in [6.45, 7) is 4.37. The van der Waals surface area contributed by atoms with E-state index in [4.69, 9.17) is 4.74 Å². The van der Waals surface area contributed by atoms with E-state index in [1.165, 1.54) is 6.33 Å². The second-order valence-corrected chi connectivity index (χ2v) is 8.11. The summed E-state index contributed by atoms with van der Waals surface area (Å²) in [5.41, 5.74) is 2.09. The number of imide groups is 2. The molecule has 3 aliphatic heterocycles. The minimum absolute atomic E-state index is 0.0715. The number of morpholine rings is 1. The van der Waals surface area contributed by atoms with Gasteiger partial charge in [0.05, 0.1) is 18.2 Å². The maximum Gasteiger partial charge on any atom is 0.328 e. The van der Waals surface area contributed by atoms with Gasteiger partial charge < -0.3 is 9.64 Å². The second kappa shape index (κ2) is 6.60. The van der Waals surface area contributed by atoms with Crippen molar-refractivity contribution in [1.82, 2.24) is 20.6 Å². The van der Waals surface area contributed by atoms with Gasteiger partial charge in [-0.2, -0.15) is 0 Å². The molecule has 0 bridgehead atoms. The minimum Gasteiger partial charge on any atom is -0.372 e. The molecule has 1 spiro atoms. The van der Waals surface area contributed by atoms with Crippen molar-refractivity contribution < 1.29 is 19.1 Å². The van der Waals surface area contributed by atoms with Crippen molar-refractivity contribution in [3.8, 4) is 11.1 Å². The predicted molar refractivity (Wildman–Crippen MR) is 106 cm³/mol. The molecule has 3 aliphatic rings. The number of amides is 4. The highest BCUT2D eigenvalue weighted by molar-refractivity contribution is 6.20. The molecule has 2 fully saturated rings. The number of anilines is 1. The number of carbonyl (C=O) groups excluding carboxylic acids is 3. The number of barbiturate groups is 1. The normalized spacial score (nSPS) is 27.2. The molecule has 0 radical (unpaired) electrons. The van der Waals surface area contributed by atoms with Gasteiger partial charge in [-0.05, 0) is 43.5 Å². The highest BCUT2D eigenvalue weighted by atomic mass is 16.5. The van der Waals surface area contributed by atoms with Crippen LogP contribution in [0.5, 0.6) is 0 Å². The number of hydrogen-bond acceptors (Lipinski definition) is 7. The lowest BCUT2D eigenvalue weighted by Crippen LogP contribution is -2.75. The quantitative estimate of drug-likeness (QED) is 0.679. The molecule has 9 nitrogen and oxygen atoms in total. The maximum absolute atomic E-state index is 13.1. The fraction of sp³-hybridized carbons (Fsp3) is 0.381. The van der Waals surface area contributed by atoms with E-state index in [1.807, 2.05) is 32.0 Å². The van der Waals surface area contributed by atoms with Gasteiger partial charge in [0, 0.05) is 30.2 Å². The number of urea groups is 1. The van der Waals surface area contributed by atoms with Crippen molar-refractivity contribution in [2.45, 2.75) is 38.5 Å². The van der Waals surface area contributed by atoms with Crippen LogP contribution in [0.1, 0.15) is 19.4 Å². The van der Waals surface area contributed by atoms with Crippen LogP contribution in [0.4, 0.5) is 10.5 Å². The number of nitrogens with zero attached hydrogens (tertiary/aromatic N) is 3. The third-order valence-electron chi connectivity index (χ3n) is 6.20. The molecule has 2 aromatic rings. The molecule has 2 N–H and O–H groups in total. The molecule has 30 heavy (non-hydrogen) atoms. The lowest BCUT2D eigenvalue weighted by Gasteiger charge is -2.55. The Morgan fingerprint density at radius 2 is 1.77 bits per heavy atom. The first-order valence-electron chi connectivity index (χ1n) is 9.87. The maximum atomic E-state index is 13.1. The molecule has 2 saturated heterocycles. The number of fused-ring (bicyclic) bond motifs is 4. The number of nitrogens with one attached hydrogen (secondary N) is 2. The van der Waals surface area contributed by atoms with Crippen LogP contribution in [0.25, 0.3) is 11.1 Å². The third kappa shape index (κ3) is 2.62. The van der Waals surface area contributed by atoms with E-state index in [9.17, 15) is 14.4 Å². The first kappa shape index (κ1) is 18.7. The van der Waals surface area contributed by atoms with Crippen LogP contribution in [0.15, 0.2) is 36.9 Å². The van der Waals surface area contributed by atoms with E-state index in [0.29, 0.717) is 6.54 Å². The molecule has 4 amide bonds. The summed E-state index contributed by atoms with van der Waals surface area (Å²) in [5, 5.41) is 4.60. The van der Waals surface area contributed by atoms with Crippen LogP contribution in [-0.4, -0.2) is 52.6 Å². The Bertz CT molecular complexity index is 1040. The molecule has 9 heteroatoms. The molecule has 0 saturated carbocycles. The largest absolute Gasteiger partial charge is 0.372 e. The average Bonchev–Trinajstić information content (AvgIpc) is 2.71. The Morgan fingerprint density at radius 3 is 2.47 bits per heavy atom. The fourth-order valence-electron chi connectivity index (χ4n) is 5.08. The van der Waals surface area contributed by atoms with E-state index in [-0.39, 0.29) is 18.6 Å². The van der Waals surface area contributed by atoms with Crippen LogP contribution >= 0.6 is 0 Å². The molecule has 4 heterocycles. The number of benzene rings is 1. The van der Waals surface area contributed by atoms with Crippen LogP contribution in [-0.2, 0) is 20.7 Å². The molecule has 1 aromatic carbocycles. The predicted octanol–water partition coefficient (Wildman–Crippen LogP) is 1.03. The summed E-state index contributed by atoms with van der Waals surface area (Å²) in [4.78, 5) is 48.3. The van der Waals surface area contributed by atoms with E-state index >= 15 is 0 Å². The van der Waals surface area contributed by atoms with Crippen LogP contribution in [0.3, 0.4) is 0 Å². The van der Waals surface area contributed by atoms with Gasteiger partial charge in [-0.3, -0.25) is 20.2 Å². The van der Waals surface area contributed by atoms with Gasteiger partial charge in [0.25, 0.3) is 0 Å². The monoisotopic (exact) mass is 407 g/mol. The standard InChI is InChI=1S/C21H21N5O4/c1-11-9-26-16-4-3-13(15-7-22-10-23-8-15)5-14(16)6-21(17(26)12(2)30-11)18(27)24-20(29)25-19(21)28/h3-5,7-8,10-12,17H,6,9H2,1-2H3,(H2,24,25,27,28,29)/t11-,12+,17-/m1/s1. The number of carbonyl (C=O) groups is 3. The molecule has 0 unspecified atom stereocenters. The highest BCUT2D eigenvalue weighted by Gasteiger charge is 2.62. The number of hydrogen-bond donors (Lipinski definition) is 2. The Kier molecular flexibility index (Phi) is 4.11. The highest BCUT2D eigenvalue weighted by Crippen LogP contribution is 2.47. The smallest absolute Gasteiger partial charge is 0.328 e. The number of aromatic nitrogens is 2. The van der Waals surface area contributed by atoms with E-state index in [2.05, 4.69) is 25.5 Å². The molecular formula is C21H21N5O4. The molecule has 154 valence electrons. The summed E-state index contributed by atoms with van der Waals surface area (Å²) < 4.78 is 6.01. The Hall–Kier alpha value is -3.33. The van der Waals surface area contributed by atoms with Gasteiger partial charge in [0.2, 0.25) is 11.8 Å². The summed E-state index contributed by atoms with van der Waals surface area (Å²) in [6, 6.07) is 4.64. The van der Waals surface area contributed by atoms with Crippen molar-refractivity contribution in [3.05, 3.63) is 42.5 Å². The molecular weight excluding hydrogens is 386 g/mol. The SMILES string of the molecule is C[C@@H]1CN2c3ccc(-c4cncnc4)cc3CC3(C(=O)NC(=O)NC3=O)[C@H]2[C@H](C)O1. The summed E-state index contributed by atoms with van der Waals surface area (Å²) in [6.07, 6.45) is 4.61. The van der Waals surface area contributed by atoms with Crippen molar-refractivity contribution in [1.29, 1.82) is 0 Å².